The van der Waals surface area contributed by atoms with Crippen LogP contribution in [0.15, 0.2) is 58.5 Å². The molecule has 0 aliphatic carbocycles. The first kappa shape index (κ1) is 22.4. The third kappa shape index (κ3) is 5.47. The number of hydrazine groups is 1. The number of pyridine rings is 1. The topological polar surface area (TPSA) is 134 Å². The summed E-state index contributed by atoms with van der Waals surface area (Å²) in [7, 11) is -3.90. The third-order valence-electron chi connectivity index (χ3n) is 5.04. The molecule has 4 N–H and O–H groups in total. The summed E-state index contributed by atoms with van der Waals surface area (Å²) in [5.74, 6) is -0.463. The van der Waals surface area contributed by atoms with Crippen molar-refractivity contribution in [2.75, 3.05) is 12.3 Å². The molecule has 164 valence electrons. The minimum Gasteiger partial charge on any atom is -0.384 e. The van der Waals surface area contributed by atoms with Crippen molar-refractivity contribution < 1.29 is 18.0 Å². The van der Waals surface area contributed by atoms with Crippen LogP contribution >= 0.6 is 0 Å². The Morgan fingerprint density at radius 2 is 1.87 bits per heavy atom. The van der Waals surface area contributed by atoms with Gasteiger partial charge in [0.1, 0.15) is 5.82 Å². The van der Waals surface area contributed by atoms with Gasteiger partial charge in [0.2, 0.25) is 5.91 Å². The van der Waals surface area contributed by atoms with Crippen molar-refractivity contribution in [3.8, 4) is 0 Å². The fourth-order valence-electron chi connectivity index (χ4n) is 3.20. The van der Waals surface area contributed by atoms with E-state index < -0.39 is 15.9 Å². The van der Waals surface area contributed by atoms with Gasteiger partial charge in [0.05, 0.1) is 11.3 Å². The van der Waals surface area contributed by atoms with Crippen molar-refractivity contribution in [2.45, 2.75) is 38.1 Å². The van der Waals surface area contributed by atoms with E-state index >= 15 is 0 Å². The van der Waals surface area contributed by atoms with E-state index in [1.54, 1.807) is 44.2 Å². The molecule has 1 aromatic heterocycles. The number of carbonyl (C=O) groups excluding carboxylic acids is 2. The highest BCUT2D eigenvalue weighted by atomic mass is 32.2. The summed E-state index contributed by atoms with van der Waals surface area (Å²) in [4.78, 5) is 31.9. The Kier molecular flexibility index (Phi) is 6.71. The molecule has 2 aromatic rings. The summed E-state index contributed by atoms with van der Waals surface area (Å²) in [6, 6.07) is 11.2. The lowest BCUT2D eigenvalue weighted by molar-refractivity contribution is -0.131. The normalized spacial score (nSPS) is 14.6. The summed E-state index contributed by atoms with van der Waals surface area (Å²) in [6.07, 6.45) is 0.322. The van der Waals surface area contributed by atoms with Crippen LogP contribution in [0.5, 0.6) is 0 Å². The van der Waals surface area contributed by atoms with Crippen molar-refractivity contribution in [3.05, 3.63) is 64.9 Å². The van der Waals surface area contributed by atoms with Gasteiger partial charge in [0.15, 0.2) is 0 Å². The maximum Gasteiger partial charge on any atom is 0.265 e. The number of hydrogen-bond acceptors (Lipinski definition) is 6. The number of rotatable bonds is 7. The van der Waals surface area contributed by atoms with Gasteiger partial charge >= 0.3 is 0 Å². The number of aryl methyl sites for hydroxylation is 1. The van der Waals surface area contributed by atoms with Crippen LogP contribution in [0.25, 0.3) is 0 Å². The van der Waals surface area contributed by atoms with Crippen LogP contribution < -0.4 is 15.9 Å². The van der Waals surface area contributed by atoms with Gasteiger partial charge in [-0.15, -0.1) is 4.83 Å². The fraction of sp³-hybridized carbons (Fsp3) is 0.286. The summed E-state index contributed by atoms with van der Waals surface area (Å²) in [5, 5.41) is 3.82. The van der Waals surface area contributed by atoms with E-state index in [0.717, 1.165) is 16.1 Å². The molecular weight excluding hydrogens is 418 g/mol. The SMILES string of the molecule is CC1=C(CC(=O)NCc2ccc(N)nc2C)C(=O)N(NS(=O)(=O)c2ccccc2)CC1. The number of amides is 2. The summed E-state index contributed by atoms with van der Waals surface area (Å²) < 4.78 is 25.1. The van der Waals surface area contributed by atoms with Crippen LogP contribution in [-0.4, -0.2) is 36.8 Å². The van der Waals surface area contributed by atoms with E-state index in [1.165, 1.54) is 12.1 Å². The van der Waals surface area contributed by atoms with E-state index in [1.807, 2.05) is 0 Å². The predicted molar refractivity (Wildman–Crippen MR) is 116 cm³/mol. The molecule has 2 heterocycles. The van der Waals surface area contributed by atoms with Crippen molar-refractivity contribution in [2.24, 2.45) is 0 Å². The molecule has 3 rings (SSSR count). The largest absolute Gasteiger partial charge is 0.384 e. The van der Waals surface area contributed by atoms with Crippen LogP contribution in [0.2, 0.25) is 0 Å². The van der Waals surface area contributed by atoms with Gasteiger partial charge in [-0.3, -0.25) is 14.6 Å². The molecule has 0 saturated heterocycles. The zero-order valence-corrected chi connectivity index (χ0v) is 18.2. The zero-order valence-electron chi connectivity index (χ0n) is 17.4. The lowest BCUT2D eigenvalue weighted by Gasteiger charge is -2.29. The molecule has 0 bridgehead atoms. The summed E-state index contributed by atoms with van der Waals surface area (Å²) in [6.45, 7) is 4.02. The molecular formula is C21H25N5O4S. The molecule has 0 spiro atoms. The van der Waals surface area contributed by atoms with Crippen LogP contribution in [0.3, 0.4) is 0 Å². The Balaban J connectivity index is 1.65. The standard InChI is InChI=1S/C21H25N5O4S/c1-14-10-11-26(25-31(29,30)17-6-4-3-5-7-17)21(28)18(14)12-20(27)23-13-16-8-9-19(22)24-15(16)2/h3-9,25H,10-13H2,1-2H3,(H2,22,24)(H,23,27). The van der Waals surface area contributed by atoms with Gasteiger partial charge in [0, 0.05) is 24.4 Å². The minimum absolute atomic E-state index is 0.0563. The van der Waals surface area contributed by atoms with Crippen molar-refractivity contribution in [1.82, 2.24) is 20.1 Å². The average Bonchev–Trinajstić information content (AvgIpc) is 2.73. The summed E-state index contributed by atoms with van der Waals surface area (Å²) in [5.41, 5.74) is 8.22. The van der Waals surface area contributed by atoms with Gasteiger partial charge < -0.3 is 11.1 Å². The molecule has 0 saturated carbocycles. The predicted octanol–water partition coefficient (Wildman–Crippen LogP) is 1.42. The van der Waals surface area contributed by atoms with E-state index in [0.29, 0.717) is 17.9 Å². The lowest BCUT2D eigenvalue weighted by atomic mass is 9.98. The number of anilines is 1. The molecule has 31 heavy (non-hydrogen) atoms. The molecule has 9 nitrogen and oxygen atoms in total. The average molecular weight is 444 g/mol. The van der Waals surface area contributed by atoms with Gasteiger partial charge in [-0.2, -0.15) is 0 Å². The minimum atomic E-state index is -3.90. The Labute approximate surface area is 181 Å². The molecule has 0 fully saturated rings. The van der Waals surface area contributed by atoms with Crippen LogP contribution in [0.1, 0.15) is 31.0 Å². The number of carbonyl (C=O) groups is 2. The van der Waals surface area contributed by atoms with Crippen LogP contribution in [0, 0.1) is 6.92 Å². The highest BCUT2D eigenvalue weighted by molar-refractivity contribution is 7.89. The second-order valence-corrected chi connectivity index (χ2v) is 8.97. The van der Waals surface area contributed by atoms with Crippen molar-refractivity contribution in [1.29, 1.82) is 0 Å². The fourth-order valence-corrected chi connectivity index (χ4v) is 4.29. The molecule has 0 atom stereocenters. The Morgan fingerprint density at radius 3 is 2.55 bits per heavy atom. The number of aromatic nitrogens is 1. The van der Waals surface area contributed by atoms with Crippen molar-refractivity contribution in [3.63, 3.8) is 0 Å². The number of nitrogen functional groups attached to an aromatic ring is 1. The van der Waals surface area contributed by atoms with Gasteiger partial charge in [0.25, 0.3) is 15.9 Å². The Bertz CT molecular complexity index is 1130. The number of nitrogens with two attached hydrogens (primary N) is 1. The Morgan fingerprint density at radius 1 is 1.16 bits per heavy atom. The Hall–Kier alpha value is -3.24. The quantitative estimate of drug-likeness (QED) is 0.592. The van der Waals surface area contributed by atoms with E-state index in [-0.39, 0.29) is 35.9 Å². The number of sulfonamides is 1. The van der Waals surface area contributed by atoms with Gasteiger partial charge in [-0.25, -0.2) is 13.4 Å². The second-order valence-electron chi connectivity index (χ2n) is 7.31. The zero-order chi connectivity index (χ0) is 22.6. The van der Waals surface area contributed by atoms with E-state index in [4.69, 9.17) is 5.73 Å². The number of benzene rings is 1. The van der Waals surface area contributed by atoms with Crippen LogP contribution in [0.4, 0.5) is 5.82 Å². The molecule has 2 amide bonds. The lowest BCUT2D eigenvalue weighted by Crippen LogP contribution is -2.49. The second kappa shape index (κ2) is 9.27. The first-order chi connectivity index (χ1) is 14.7. The molecule has 10 heteroatoms. The number of nitrogens with one attached hydrogen (secondary N) is 2. The molecule has 1 aliphatic rings. The first-order valence-corrected chi connectivity index (χ1v) is 11.2. The summed E-state index contributed by atoms with van der Waals surface area (Å²) >= 11 is 0. The highest BCUT2D eigenvalue weighted by Gasteiger charge is 2.30. The van der Waals surface area contributed by atoms with E-state index in [2.05, 4.69) is 15.1 Å². The van der Waals surface area contributed by atoms with Crippen LogP contribution in [-0.2, 0) is 26.2 Å². The highest BCUT2D eigenvalue weighted by Crippen LogP contribution is 2.22. The monoisotopic (exact) mass is 443 g/mol. The number of nitrogens with zero attached hydrogens (tertiary/aromatic N) is 2. The molecule has 1 aliphatic heterocycles. The molecule has 1 aromatic carbocycles. The van der Waals surface area contributed by atoms with Gasteiger partial charge in [-0.1, -0.05) is 29.8 Å². The van der Waals surface area contributed by atoms with Gasteiger partial charge in [-0.05, 0) is 44.0 Å². The third-order valence-corrected chi connectivity index (χ3v) is 6.40. The molecule has 0 unspecified atom stereocenters. The number of hydrogen-bond donors (Lipinski definition) is 3. The van der Waals surface area contributed by atoms with Crippen molar-refractivity contribution >= 4 is 27.7 Å². The first-order valence-electron chi connectivity index (χ1n) is 9.74. The smallest absolute Gasteiger partial charge is 0.265 e. The maximum atomic E-state index is 12.9. The maximum absolute atomic E-state index is 12.9. The molecule has 0 radical (unpaired) electrons. The van der Waals surface area contributed by atoms with E-state index in [9.17, 15) is 18.0 Å².